The molecule has 0 aliphatic heterocycles. The van der Waals surface area contributed by atoms with E-state index in [1.807, 2.05) is 0 Å². The maximum atomic E-state index is 11.5. The predicted octanol–water partition coefficient (Wildman–Crippen LogP) is 3.33. The molecule has 0 aliphatic rings. The van der Waals surface area contributed by atoms with Crippen LogP contribution in [0.2, 0.25) is 0 Å². The Hall–Kier alpha value is 1.51. The summed E-state index contributed by atoms with van der Waals surface area (Å²) in [5.74, 6) is 0. The van der Waals surface area contributed by atoms with Crippen LogP contribution in [-0.2, 0) is 10.1 Å². The van der Waals surface area contributed by atoms with Crippen molar-refractivity contribution in [2.45, 2.75) is 141 Å². The fourth-order valence-corrected chi connectivity index (χ4v) is 4.55. The molecule has 164 valence electrons. The van der Waals surface area contributed by atoms with Crippen LogP contribution >= 0.6 is 0 Å². The maximum absolute atomic E-state index is 11.5. The van der Waals surface area contributed by atoms with Crippen molar-refractivity contribution in [3.05, 3.63) is 0 Å². The van der Waals surface area contributed by atoms with Crippen LogP contribution in [0.15, 0.2) is 0 Å². The Kier molecular flexibility index (Phi) is 24.6. The zero-order valence-electron chi connectivity index (χ0n) is 19.0. The number of aliphatic hydroxyl groups is 1. The summed E-state index contributed by atoms with van der Waals surface area (Å²) in [5, 5.41) is 8.51. The van der Waals surface area contributed by atoms with Gasteiger partial charge in [-0.1, -0.05) is 103 Å². The molecular formula is C22H45KO4S. The zero-order chi connectivity index (χ0) is 20.4. The maximum Gasteiger partial charge on any atom is 1.00 e. The van der Waals surface area contributed by atoms with Gasteiger partial charge in [0.05, 0.1) is 16.2 Å². The Labute approximate surface area is 218 Å². The summed E-state index contributed by atoms with van der Waals surface area (Å²) >= 11 is 0. The van der Waals surface area contributed by atoms with Crippen LogP contribution in [0.1, 0.15) is 129 Å². The van der Waals surface area contributed by atoms with Gasteiger partial charge in [-0.05, 0) is 26.2 Å². The quantitative estimate of drug-likeness (QED) is 0.177. The van der Waals surface area contributed by atoms with Crippen molar-refractivity contribution < 1.29 is 69.5 Å². The standard InChI is InChI=1S/C22H46O4S.K/c1-3-4-5-6-7-8-9-10-11-12-16-19-22(27(24,25)26)20-17-14-13-15-18-21(2)23;/h21-23H,3-20H2,1-2H3,(H,24,25,26);/q;+1/p-1. The number of aliphatic hydroxyl groups excluding tert-OH is 1. The third-order valence-electron chi connectivity index (χ3n) is 5.44. The molecule has 0 bridgehead atoms. The van der Waals surface area contributed by atoms with Gasteiger partial charge in [-0.25, -0.2) is 8.42 Å². The van der Waals surface area contributed by atoms with Crippen molar-refractivity contribution >= 4 is 10.1 Å². The third-order valence-corrected chi connectivity index (χ3v) is 6.72. The fraction of sp³-hybridized carbons (Fsp3) is 1.00. The molecule has 2 atom stereocenters. The molecule has 4 nitrogen and oxygen atoms in total. The van der Waals surface area contributed by atoms with Crippen LogP contribution in [0.4, 0.5) is 0 Å². The molecule has 28 heavy (non-hydrogen) atoms. The van der Waals surface area contributed by atoms with E-state index >= 15 is 0 Å². The van der Waals surface area contributed by atoms with Gasteiger partial charge in [0.25, 0.3) is 0 Å². The Bertz CT molecular complexity index is 413. The Morgan fingerprint density at radius 2 is 1.00 bits per heavy atom. The van der Waals surface area contributed by atoms with Crippen LogP contribution < -0.4 is 51.4 Å². The number of hydrogen-bond donors (Lipinski definition) is 1. The average molecular weight is 445 g/mol. The van der Waals surface area contributed by atoms with Crippen LogP contribution in [0.3, 0.4) is 0 Å². The Balaban J connectivity index is 0. The van der Waals surface area contributed by atoms with Gasteiger partial charge in [0.2, 0.25) is 0 Å². The van der Waals surface area contributed by atoms with Gasteiger partial charge in [0.15, 0.2) is 0 Å². The Morgan fingerprint density at radius 1 is 0.679 bits per heavy atom. The molecule has 0 aromatic carbocycles. The van der Waals surface area contributed by atoms with E-state index in [-0.39, 0.29) is 57.5 Å². The predicted molar refractivity (Wildman–Crippen MR) is 114 cm³/mol. The van der Waals surface area contributed by atoms with Crippen molar-refractivity contribution in [1.29, 1.82) is 0 Å². The van der Waals surface area contributed by atoms with Crippen molar-refractivity contribution in [3.63, 3.8) is 0 Å². The first kappa shape index (κ1) is 31.7. The third kappa shape index (κ3) is 22.2. The van der Waals surface area contributed by atoms with Crippen molar-refractivity contribution in [1.82, 2.24) is 0 Å². The summed E-state index contributed by atoms with van der Waals surface area (Å²) in [5.41, 5.74) is 0. The second kappa shape index (κ2) is 21.7. The molecule has 0 aromatic rings. The summed E-state index contributed by atoms with van der Waals surface area (Å²) in [6.07, 6.45) is 18.8. The summed E-state index contributed by atoms with van der Waals surface area (Å²) in [4.78, 5) is 0. The molecule has 0 fully saturated rings. The van der Waals surface area contributed by atoms with Crippen molar-refractivity contribution in [3.8, 4) is 0 Å². The topological polar surface area (TPSA) is 77.4 Å². The van der Waals surface area contributed by atoms with E-state index in [2.05, 4.69) is 6.92 Å². The van der Waals surface area contributed by atoms with Gasteiger partial charge < -0.3 is 9.66 Å². The van der Waals surface area contributed by atoms with Crippen LogP contribution in [0, 0.1) is 0 Å². The fourth-order valence-electron chi connectivity index (χ4n) is 3.63. The van der Waals surface area contributed by atoms with Crippen LogP contribution in [0.5, 0.6) is 0 Å². The minimum atomic E-state index is -4.17. The molecule has 0 rings (SSSR count). The minimum Gasteiger partial charge on any atom is -0.748 e. The molecule has 0 saturated heterocycles. The van der Waals surface area contributed by atoms with E-state index in [4.69, 9.17) is 0 Å². The van der Waals surface area contributed by atoms with E-state index in [1.165, 1.54) is 51.4 Å². The van der Waals surface area contributed by atoms with E-state index < -0.39 is 15.4 Å². The first-order valence-corrected chi connectivity index (χ1v) is 13.0. The number of hydrogen-bond acceptors (Lipinski definition) is 4. The minimum absolute atomic E-state index is 0. The Morgan fingerprint density at radius 3 is 1.32 bits per heavy atom. The first-order valence-electron chi connectivity index (χ1n) is 11.5. The molecule has 0 aliphatic carbocycles. The number of rotatable bonds is 20. The van der Waals surface area contributed by atoms with Gasteiger partial charge in [-0.3, -0.25) is 0 Å². The second-order valence-electron chi connectivity index (χ2n) is 8.28. The van der Waals surface area contributed by atoms with Gasteiger partial charge in [0, 0.05) is 5.25 Å². The van der Waals surface area contributed by atoms with Crippen LogP contribution in [-0.4, -0.2) is 29.4 Å². The van der Waals surface area contributed by atoms with Gasteiger partial charge in [-0.15, -0.1) is 0 Å². The monoisotopic (exact) mass is 444 g/mol. The first-order chi connectivity index (χ1) is 12.9. The molecular weight excluding hydrogens is 399 g/mol. The smallest absolute Gasteiger partial charge is 0.748 e. The molecule has 0 heterocycles. The normalized spacial score (nSPS) is 13.9. The summed E-state index contributed by atoms with van der Waals surface area (Å²) in [7, 11) is -4.17. The molecule has 0 amide bonds. The average Bonchev–Trinajstić information content (AvgIpc) is 2.59. The van der Waals surface area contributed by atoms with E-state index in [0.717, 1.165) is 51.4 Å². The van der Waals surface area contributed by atoms with Crippen molar-refractivity contribution in [2.24, 2.45) is 0 Å². The second-order valence-corrected chi connectivity index (χ2v) is 9.93. The molecule has 0 radical (unpaired) electrons. The summed E-state index contributed by atoms with van der Waals surface area (Å²) in [6, 6.07) is 0. The molecule has 1 N–H and O–H groups in total. The molecule has 6 heteroatoms. The molecule has 0 aromatic heterocycles. The summed E-state index contributed by atoms with van der Waals surface area (Å²) < 4.78 is 34.4. The zero-order valence-corrected chi connectivity index (χ0v) is 22.9. The number of unbranched alkanes of at least 4 members (excludes halogenated alkanes) is 13. The van der Waals surface area contributed by atoms with E-state index in [0.29, 0.717) is 12.8 Å². The van der Waals surface area contributed by atoms with Gasteiger partial charge in [-0.2, -0.15) is 0 Å². The van der Waals surface area contributed by atoms with Crippen LogP contribution in [0.25, 0.3) is 0 Å². The SMILES string of the molecule is CCCCCCCCCCCCCC(CCCCCCC(C)O)S(=O)(=O)[O-].[K+]. The van der Waals surface area contributed by atoms with Gasteiger partial charge in [0.1, 0.15) is 0 Å². The van der Waals surface area contributed by atoms with Gasteiger partial charge >= 0.3 is 51.4 Å². The largest absolute Gasteiger partial charge is 1.00 e. The summed E-state index contributed by atoms with van der Waals surface area (Å²) in [6.45, 7) is 4.02. The van der Waals surface area contributed by atoms with E-state index in [1.54, 1.807) is 6.92 Å². The molecule has 0 spiro atoms. The van der Waals surface area contributed by atoms with E-state index in [9.17, 15) is 18.1 Å². The van der Waals surface area contributed by atoms with Crippen molar-refractivity contribution in [2.75, 3.05) is 0 Å². The molecule has 2 unspecified atom stereocenters. The molecule has 0 saturated carbocycles.